The van der Waals surface area contributed by atoms with Gasteiger partial charge >= 0.3 is 0 Å². The average molecular weight is 353 g/mol. The van der Waals surface area contributed by atoms with E-state index in [1.807, 2.05) is 13.8 Å². The highest BCUT2D eigenvalue weighted by Crippen LogP contribution is 2.47. The number of fused-ring (bicyclic) bond motifs is 2. The molecule has 0 saturated heterocycles. The number of nitro benzene ring substituents is 1. The Hall–Kier alpha value is -2.12. The highest BCUT2D eigenvalue weighted by molar-refractivity contribution is 7.92. The lowest BCUT2D eigenvalue weighted by Crippen LogP contribution is -2.17. The SMILES string of the molecule is CC(C)c1cccc2c1Nc1c([N+](=O)[O-])cc(Cl)cc1S2(=O)=O. The normalized spacial score (nSPS) is 14.8. The van der Waals surface area contributed by atoms with Crippen LogP contribution in [0, 0.1) is 10.1 Å². The van der Waals surface area contributed by atoms with Gasteiger partial charge in [0, 0.05) is 11.1 Å². The van der Waals surface area contributed by atoms with Crippen molar-refractivity contribution in [3.63, 3.8) is 0 Å². The molecule has 0 atom stereocenters. The lowest BCUT2D eigenvalue weighted by Gasteiger charge is -2.25. The molecule has 2 aromatic rings. The monoisotopic (exact) mass is 352 g/mol. The van der Waals surface area contributed by atoms with E-state index in [-0.39, 0.29) is 32.1 Å². The van der Waals surface area contributed by atoms with Crippen LogP contribution in [0.5, 0.6) is 0 Å². The molecule has 2 aromatic carbocycles. The van der Waals surface area contributed by atoms with Crippen LogP contribution in [0.4, 0.5) is 17.1 Å². The second-order valence-corrected chi connectivity index (χ2v) is 7.88. The van der Waals surface area contributed by atoms with Crippen molar-refractivity contribution in [2.75, 3.05) is 5.32 Å². The van der Waals surface area contributed by atoms with Gasteiger partial charge in [0.25, 0.3) is 5.69 Å². The van der Waals surface area contributed by atoms with E-state index in [2.05, 4.69) is 5.32 Å². The van der Waals surface area contributed by atoms with Gasteiger partial charge in [-0.05, 0) is 23.6 Å². The van der Waals surface area contributed by atoms with Crippen LogP contribution in [-0.2, 0) is 9.84 Å². The summed E-state index contributed by atoms with van der Waals surface area (Å²) in [6.45, 7) is 3.85. The first-order valence-corrected chi connectivity index (χ1v) is 8.72. The zero-order chi connectivity index (χ0) is 16.9. The first-order valence-electron chi connectivity index (χ1n) is 6.86. The molecule has 0 bridgehead atoms. The van der Waals surface area contributed by atoms with Gasteiger partial charge in [0.15, 0.2) is 0 Å². The predicted octanol–water partition coefficient (Wildman–Crippen LogP) is 4.26. The van der Waals surface area contributed by atoms with Crippen LogP contribution in [0.25, 0.3) is 0 Å². The molecule has 0 aliphatic carbocycles. The maximum absolute atomic E-state index is 12.9. The number of anilines is 2. The fourth-order valence-corrected chi connectivity index (χ4v) is 4.60. The Balaban J connectivity index is 2.39. The number of hydrogen-bond acceptors (Lipinski definition) is 5. The lowest BCUT2D eigenvalue weighted by molar-refractivity contribution is -0.384. The molecule has 0 fully saturated rings. The summed E-state index contributed by atoms with van der Waals surface area (Å²) >= 11 is 5.87. The molecule has 0 spiro atoms. The Morgan fingerprint density at radius 2 is 1.87 bits per heavy atom. The standard InChI is InChI=1S/C15H13ClN2O4S/c1-8(2)10-4-3-5-12-14(10)17-15-11(18(19)20)6-9(16)7-13(15)23(12,21)22/h3-8,17H,1-2H3. The van der Waals surface area contributed by atoms with Crippen LogP contribution < -0.4 is 5.32 Å². The molecule has 23 heavy (non-hydrogen) atoms. The largest absolute Gasteiger partial charge is 0.348 e. The topological polar surface area (TPSA) is 89.3 Å². The van der Waals surface area contributed by atoms with E-state index >= 15 is 0 Å². The van der Waals surface area contributed by atoms with E-state index in [1.165, 1.54) is 12.1 Å². The first kappa shape index (κ1) is 15.8. The van der Waals surface area contributed by atoms with E-state index < -0.39 is 14.8 Å². The minimum atomic E-state index is -3.89. The Labute approximate surface area is 138 Å². The molecule has 0 radical (unpaired) electrons. The molecule has 1 aliphatic rings. The molecular weight excluding hydrogens is 340 g/mol. The molecule has 8 heteroatoms. The Bertz CT molecular complexity index is 939. The molecular formula is C15H13ClN2O4S. The van der Waals surface area contributed by atoms with Crippen molar-refractivity contribution < 1.29 is 13.3 Å². The highest BCUT2D eigenvalue weighted by Gasteiger charge is 2.36. The van der Waals surface area contributed by atoms with E-state index in [9.17, 15) is 18.5 Å². The third kappa shape index (κ3) is 2.36. The molecule has 1 aliphatic heterocycles. The van der Waals surface area contributed by atoms with E-state index in [0.29, 0.717) is 5.69 Å². The summed E-state index contributed by atoms with van der Waals surface area (Å²) in [6, 6.07) is 7.33. The van der Waals surface area contributed by atoms with Crippen molar-refractivity contribution >= 4 is 38.5 Å². The summed E-state index contributed by atoms with van der Waals surface area (Å²) in [4.78, 5) is 10.6. The second kappa shape index (κ2) is 5.21. The fourth-order valence-electron chi connectivity index (χ4n) is 2.68. The molecule has 0 aromatic heterocycles. The van der Waals surface area contributed by atoms with Crippen molar-refractivity contribution in [1.82, 2.24) is 0 Å². The molecule has 6 nitrogen and oxygen atoms in total. The summed E-state index contributed by atoms with van der Waals surface area (Å²) in [7, 11) is -3.89. The Morgan fingerprint density at radius 3 is 2.48 bits per heavy atom. The number of benzene rings is 2. The number of para-hydroxylation sites is 1. The zero-order valence-corrected chi connectivity index (χ0v) is 13.9. The maximum Gasteiger partial charge on any atom is 0.295 e. The number of halogens is 1. The van der Waals surface area contributed by atoms with E-state index in [4.69, 9.17) is 11.6 Å². The zero-order valence-electron chi connectivity index (χ0n) is 12.3. The number of nitrogens with zero attached hydrogens (tertiary/aromatic N) is 1. The Kier molecular flexibility index (Phi) is 3.57. The van der Waals surface area contributed by atoms with Crippen molar-refractivity contribution in [3.05, 3.63) is 51.0 Å². The van der Waals surface area contributed by atoms with E-state index in [1.54, 1.807) is 12.1 Å². The van der Waals surface area contributed by atoms with Crippen molar-refractivity contribution in [2.45, 2.75) is 29.6 Å². The third-order valence-electron chi connectivity index (χ3n) is 3.75. The van der Waals surface area contributed by atoms with Crippen LogP contribution >= 0.6 is 11.6 Å². The van der Waals surface area contributed by atoms with Gasteiger partial charge in [0.05, 0.1) is 15.5 Å². The summed E-state index contributed by atoms with van der Waals surface area (Å²) < 4.78 is 25.8. The van der Waals surface area contributed by atoms with Gasteiger partial charge in [0.1, 0.15) is 10.6 Å². The van der Waals surface area contributed by atoms with Crippen LogP contribution in [0.3, 0.4) is 0 Å². The van der Waals surface area contributed by atoms with Crippen LogP contribution in [0.2, 0.25) is 5.02 Å². The van der Waals surface area contributed by atoms with Gasteiger partial charge in [0.2, 0.25) is 9.84 Å². The number of sulfone groups is 1. The molecule has 1 heterocycles. The quantitative estimate of drug-likeness (QED) is 0.549. The van der Waals surface area contributed by atoms with Gasteiger partial charge in [-0.3, -0.25) is 10.1 Å². The van der Waals surface area contributed by atoms with Crippen LogP contribution in [0.15, 0.2) is 40.1 Å². The summed E-state index contributed by atoms with van der Waals surface area (Å²) in [6.07, 6.45) is 0. The molecule has 3 rings (SSSR count). The summed E-state index contributed by atoms with van der Waals surface area (Å²) in [5.74, 6) is 0.0561. The van der Waals surface area contributed by atoms with Crippen LogP contribution in [-0.4, -0.2) is 13.3 Å². The molecule has 0 unspecified atom stereocenters. The van der Waals surface area contributed by atoms with Crippen LogP contribution in [0.1, 0.15) is 25.3 Å². The average Bonchev–Trinajstić information content (AvgIpc) is 2.47. The number of nitrogens with one attached hydrogen (secondary N) is 1. The summed E-state index contributed by atoms with van der Waals surface area (Å²) in [5, 5.41) is 14.2. The highest BCUT2D eigenvalue weighted by atomic mass is 35.5. The molecule has 0 amide bonds. The van der Waals surface area contributed by atoms with Crippen molar-refractivity contribution in [1.29, 1.82) is 0 Å². The van der Waals surface area contributed by atoms with Crippen molar-refractivity contribution in [2.24, 2.45) is 0 Å². The minimum absolute atomic E-state index is 0.00397. The predicted molar refractivity (Wildman–Crippen MR) is 87.4 cm³/mol. The number of nitro groups is 1. The van der Waals surface area contributed by atoms with Gasteiger partial charge < -0.3 is 5.32 Å². The minimum Gasteiger partial charge on any atom is -0.348 e. The lowest BCUT2D eigenvalue weighted by atomic mass is 10.0. The fraction of sp³-hybridized carbons (Fsp3) is 0.200. The molecule has 0 saturated carbocycles. The maximum atomic E-state index is 12.9. The molecule has 1 N–H and O–H groups in total. The molecule has 120 valence electrons. The third-order valence-corrected chi connectivity index (χ3v) is 5.79. The first-order chi connectivity index (χ1) is 10.7. The van der Waals surface area contributed by atoms with Crippen molar-refractivity contribution in [3.8, 4) is 0 Å². The number of hydrogen-bond donors (Lipinski definition) is 1. The smallest absolute Gasteiger partial charge is 0.295 e. The Morgan fingerprint density at radius 1 is 1.17 bits per heavy atom. The van der Waals surface area contributed by atoms with Gasteiger partial charge in [-0.2, -0.15) is 0 Å². The second-order valence-electron chi connectivity index (χ2n) is 5.56. The van der Waals surface area contributed by atoms with Gasteiger partial charge in [-0.15, -0.1) is 0 Å². The number of rotatable bonds is 2. The van der Waals surface area contributed by atoms with Gasteiger partial charge in [-0.1, -0.05) is 37.6 Å². The summed E-state index contributed by atoms with van der Waals surface area (Å²) in [5.41, 5.74) is 0.765. The van der Waals surface area contributed by atoms with E-state index in [0.717, 1.165) is 11.6 Å². The van der Waals surface area contributed by atoms with Gasteiger partial charge in [-0.25, -0.2) is 8.42 Å².